The Labute approximate surface area is 135 Å². The van der Waals surface area contributed by atoms with Crippen LogP contribution in [0.3, 0.4) is 0 Å². The lowest BCUT2D eigenvalue weighted by atomic mass is 10.1. The van der Waals surface area contributed by atoms with Gasteiger partial charge in [-0.05, 0) is 42.5 Å². The van der Waals surface area contributed by atoms with E-state index < -0.39 is 5.72 Å². The van der Waals surface area contributed by atoms with E-state index in [0.29, 0.717) is 11.4 Å². The molecular weight excluding hydrogens is 348 g/mol. The Balaban J connectivity index is 1.88. The summed E-state index contributed by atoms with van der Waals surface area (Å²) >= 11 is 3.36. The van der Waals surface area contributed by atoms with Gasteiger partial charge in [0, 0.05) is 22.4 Å². The first-order valence-corrected chi connectivity index (χ1v) is 7.33. The SMILES string of the molecule is O=C1C=C[C@](O)(NNc2ccc(Br)cc2)c2ncccc2N1. The van der Waals surface area contributed by atoms with Gasteiger partial charge in [-0.1, -0.05) is 15.9 Å². The molecule has 2 aromatic rings. The van der Waals surface area contributed by atoms with Gasteiger partial charge in [0.05, 0.1) is 5.69 Å². The van der Waals surface area contributed by atoms with Crippen molar-refractivity contribution in [2.24, 2.45) is 0 Å². The molecule has 1 aliphatic heterocycles. The van der Waals surface area contributed by atoms with Crippen molar-refractivity contribution in [1.29, 1.82) is 0 Å². The maximum atomic E-state index is 11.7. The lowest BCUT2D eigenvalue weighted by molar-refractivity contribution is -0.111. The number of amides is 1. The molecule has 7 heteroatoms. The minimum Gasteiger partial charge on any atom is -0.366 e. The summed E-state index contributed by atoms with van der Waals surface area (Å²) in [7, 11) is 0. The topological polar surface area (TPSA) is 86.3 Å². The second-order valence-electron chi connectivity index (χ2n) is 4.75. The molecule has 3 rings (SSSR count). The summed E-state index contributed by atoms with van der Waals surface area (Å²) < 4.78 is 0.952. The van der Waals surface area contributed by atoms with Crippen LogP contribution in [0, 0.1) is 0 Å². The monoisotopic (exact) mass is 360 g/mol. The van der Waals surface area contributed by atoms with E-state index in [1.54, 1.807) is 18.3 Å². The third-order valence-electron chi connectivity index (χ3n) is 3.14. The Morgan fingerprint density at radius 1 is 1.23 bits per heavy atom. The molecule has 2 heterocycles. The molecular formula is C15H13BrN4O2. The number of aliphatic hydroxyl groups is 1. The average molecular weight is 361 g/mol. The molecule has 1 aromatic carbocycles. The molecule has 6 nitrogen and oxygen atoms in total. The molecule has 0 fully saturated rings. The molecule has 0 unspecified atom stereocenters. The molecule has 0 aliphatic carbocycles. The van der Waals surface area contributed by atoms with Crippen LogP contribution in [-0.4, -0.2) is 16.0 Å². The predicted octanol–water partition coefficient (Wildman–Crippen LogP) is 2.11. The zero-order valence-corrected chi connectivity index (χ0v) is 13.0. The normalized spacial score (nSPS) is 20.0. The first-order chi connectivity index (χ1) is 10.6. The summed E-state index contributed by atoms with van der Waals surface area (Å²) in [5, 5.41) is 13.5. The van der Waals surface area contributed by atoms with Gasteiger partial charge in [-0.3, -0.25) is 9.78 Å². The number of hydrogen-bond acceptors (Lipinski definition) is 5. The van der Waals surface area contributed by atoms with Gasteiger partial charge in [-0.25, -0.2) is 0 Å². The highest BCUT2D eigenvalue weighted by Crippen LogP contribution is 2.27. The van der Waals surface area contributed by atoms with Gasteiger partial charge in [-0.15, -0.1) is 0 Å². The summed E-state index contributed by atoms with van der Waals surface area (Å²) in [6.45, 7) is 0. The van der Waals surface area contributed by atoms with E-state index in [2.05, 4.69) is 37.1 Å². The Kier molecular flexibility index (Phi) is 3.93. The first-order valence-electron chi connectivity index (χ1n) is 6.54. The highest BCUT2D eigenvalue weighted by atomic mass is 79.9. The average Bonchev–Trinajstić information content (AvgIpc) is 2.65. The van der Waals surface area contributed by atoms with Gasteiger partial charge in [0.25, 0.3) is 0 Å². The summed E-state index contributed by atoms with van der Waals surface area (Å²) in [6, 6.07) is 10.8. The van der Waals surface area contributed by atoms with Crippen molar-refractivity contribution in [1.82, 2.24) is 10.4 Å². The van der Waals surface area contributed by atoms with Crippen molar-refractivity contribution < 1.29 is 9.90 Å². The van der Waals surface area contributed by atoms with Crippen LogP contribution >= 0.6 is 15.9 Å². The molecule has 0 spiro atoms. The number of pyridine rings is 1. The van der Waals surface area contributed by atoms with E-state index in [1.807, 2.05) is 24.3 Å². The van der Waals surface area contributed by atoms with Crippen molar-refractivity contribution in [2.75, 3.05) is 10.7 Å². The van der Waals surface area contributed by atoms with E-state index in [-0.39, 0.29) is 5.91 Å². The molecule has 4 N–H and O–H groups in total. The van der Waals surface area contributed by atoms with E-state index in [4.69, 9.17) is 0 Å². The van der Waals surface area contributed by atoms with Gasteiger partial charge in [0.1, 0.15) is 5.69 Å². The van der Waals surface area contributed by atoms with Gasteiger partial charge >= 0.3 is 0 Å². The van der Waals surface area contributed by atoms with Crippen LogP contribution < -0.4 is 16.2 Å². The lowest BCUT2D eigenvalue weighted by Crippen LogP contribution is -2.44. The van der Waals surface area contributed by atoms with Gasteiger partial charge in [0.15, 0.2) is 5.72 Å². The third-order valence-corrected chi connectivity index (χ3v) is 3.67. The van der Waals surface area contributed by atoms with E-state index in [9.17, 15) is 9.90 Å². The predicted molar refractivity (Wildman–Crippen MR) is 86.8 cm³/mol. The molecule has 1 aliphatic rings. The Morgan fingerprint density at radius 3 is 2.77 bits per heavy atom. The highest BCUT2D eigenvalue weighted by molar-refractivity contribution is 9.10. The van der Waals surface area contributed by atoms with E-state index in [0.717, 1.165) is 10.2 Å². The van der Waals surface area contributed by atoms with Crippen LogP contribution in [-0.2, 0) is 10.5 Å². The van der Waals surface area contributed by atoms with Gasteiger partial charge in [0.2, 0.25) is 5.91 Å². The number of hydrazine groups is 1. The molecule has 0 radical (unpaired) electrons. The summed E-state index contributed by atoms with van der Waals surface area (Å²) in [6.07, 6.45) is 4.17. The quantitative estimate of drug-likeness (QED) is 0.497. The second-order valence-corrected chi connectivity index (χ2v) is 5.66. The van der Waals surface area contributed by atoms with Gasteiger partial charge < -0.3 is 15.8 Å². The number of fused-ring (bicyclic) bond motifs is 1. The molecule has 22 heavy (non-hydrogen) atoms. The fourth-order valence-electron chi connectivity index (χ4n) is 2.06. The third kappa shape index (κ3) is 3.01. The minimum atomic E-state index is -1.62. The van der Waals surface area contributed by atoms with Crippen molar-refractivity contribution in [2.45, 2.75) is 5.72 Å². The number of aromatic nitrogens is 1. The molecule has 0 saturated carbocycles. The lowest BCUT2D eigenvalue weighted by Gasteiger charge is -2.26. The van der Waals surface area contributed by atoms with Crippen LogP contribution in [0.15, 0.2) is 59.2 Å². The molecule has 1 atom stereocenters. The first kappa shape index (κ1) is 14.7. The summed E-state index contributed by atoms with van der Waals surface area (Å²) in [4.78, 5) is 15.8. The highest BCUT2D eigenvalue weighted by Gasteiger charge is 2.33. The maximum Gasteiger partial charge on any atom is 0.248 e. The number of nitrogens with one attached hydrogen (secondary N) is 3. The van der Waals surface area contributed by atoms with Crippen molar-refractivity contribution >= 4 is 33.2 Å². The minimum absolute atomic E-state index is 0.307. The number of carbonyl (C=O) groups is 1. The molecule has 1 amide bonds. The molecule has 112 valence electrons. The largest absolute Gasteiger partial charge is 0.366 e. The number of rotatable bonds is 3. The Morgan fingerprint density at radius 2 is 2.00 bits per heavy atom. The van der Waals surface area contributed by atoms with Crippen molar-refractivity contribution in [3.63, 3.8) is 0 Å². The molecule has 0 bridgehead atoms. The number of halogens is 1. The van der Waals surface area contributed by atoms with Crippen LogP contribution in [0.4, 0.5) is 11.4 Å². The number of benzene rings is 1. The number of hydrogen-bond donors (Lipinski definition) is 4. The number of nitrogens with zero attached hydrogens (tertiary/aromatic N) is 1. The van der Waals surface area contributed by atoms with Crippen LogP contribution in [0.25, 0.3) is 0 Å². The summed E-state index contributed by atoms with van der Waals surface area (Å²) in [5.74, 6) is -0.324. The van der Waals surface area contributed by atoms with E-state index in [1.165, 1.54) is 12.2 Å². The fraction of sp³-hybridized carbons (Fsp3) is 0.0667. The molecule has 0 saturated heterocycles. The number of carbonyl (C=O) groups excluding carboxylic acids is 1. The Hall–Kier alpha value is -2.22. The molecule has 1 aromatic heterocycles. The van der Waals surface area contributed by atoms with Crippen LogP contribution in [0.5, 0.6) is 0 Å². The van der Waals surface area contributed by atoms with E-state index >= 15 is 0 Å². The van der Waals surface area contributed by atoms with Crippen LogP contribution in [0.1, 0.15) is 5.69 Å². The van der Waals surface area contributed by atoms with Crippen molar-refractivity contribution in [3.8, 4) is 0 Å². The number of anilines is 2. The van der Waals surface area contributed by atoms with Crippen LogP contribution in [0.2, 0.25) is 0 Å². The zero-order valence-electron chi connectivity index (χ0n) is 11.4. The maximum absolute atomic E-state index is 11.7. The smallest absolute Gasteiger partial charge is 0.248 e. The summed E-state index contributed by atoms with van der Waals surface area (Å²) in [5.41, 5.74) is 5.60. The standard InChI is InChI=1S/C15H13BrN4O2/c16-10-3-5-11(6-4-10)19-20-15(22)8-7-13(21)18-12-2-1-9-17-14(12)15/h1-9,19-20,22H,(H,18,21)/t15-/m1/s1. The van der Waals surface area contributed by atoms with Gasteiger partial charge in [-0.2, -0.15) is 5.43 Å². The Bertz CT molecular complexity index is 733. The van der Waals surface area contributed by atoms with Crippen molar-refractivity contribution in [3.05, 3.63) is 64.9 Å². The fourth-order valence-corrected chi connectivity index (χ4v) is 2.33. The zero-order chi connectivity index (χ0) is 15.6. The second kappa shape index (κ2) is 5.88.